The average molecular weight is 338 g/mol. The molecule has 0 spiro atoms. The molecular formula is C21H26N2O2. The quantitative estimate of drug-likeness (QED) is 0.909. The van der Waals surface area contributed by atoms with E-state index in [-0.39, 0.29) is 11.9 Å². The van der Waals surface area contributed by atoms with Crippen molar-refractivity contribution < 1.29 is 9.53 Å². The van der Waals surface area contributed by atoms with Crippen molar-refractivity contribution in [3.8, 4) is 16.9 Å². The molecule has 1 aliphatic heterocycles. The molecule has 0 aromatic heterocycles. The first-order valence-corrected chi connectivity index (χ1v) is 8.93. The predicted octanol–water partition coefficient (Wildman–Crippen LogP) is 3.33. The van der Waals surface area contributed by atoms with Gasteiger partial charge in [-0.2, -0.15) is 0 Å². The molecule has 0 bridgehead atoms. The van der Waals surface area contributed by atoms with E-state index in [9.17, 15) is 4.79 Å². The first kappa shape index (κ1) is 17.5. The summed E-state index contributed by atoms with van der Waals surface area (Å²) in [5.41, 5.74) is 2.30. The van der Waals surface area contributed by atoms with E-state index in [1.165, 1.54) is 5.56 Å². The van der Waals surface area contributed by atoms with E-state index < -0.39 is 6.10 Å². The van der Waals surface area contributed by atoms with Gasteiger partial charge in [0.15, 0.2) is 6.10 Å². The SMILES string of the molecule is CC(Oc1ccc(-c2ccccc2)cc1)C(=O)NC1CCN(C)CC1. The number of piperidine rings is 1. The molecule has 1 amide bonds. The van der Waals surface area contributed by atoms with Gasteiger partial charge in [-0.05, 0) is 63.2 Å². The number of nitrogens with one attached hydrogen (secondary N) is 1. The Morgan fingerprint density at radius 1 is 1.04 bits per heavy atom. The van der Waals surface area contributed by atoms with E-state index in [4.69, 9.17) is 4.74 Å². The molecule has 1 saturated heterocycles. The van der Waals surface area contributed by atoms with Crippen LogP contribution >= 0.6 is 0 Å². The van der Waals surface area contributed by atoms with Gasteiger partial charge in [-0.1, -0.05) is 42.5 Å². The number of hydrogen-bond donors (Lipinski definition) is 1. The molecule has 4 nitrogen and oxygen atoms in total. The van der Waals surface area contributed by atoms with Crippen molar-refractivity contribution in [2.45, 2.75) is 31.9 Å². The fourth-order valence-electron chi connectivity index (χ4n) is 3.09. The smallest absolute Gasteiger partial charge is 0.260 e. The number of hydrogen-bond acceptors (Lipinski definition) is 3. The van der Waals surface area contributed by atoms with E-state index in [0.29, 0.717) is 5.75 Å². The van der Waals surface area contributed by atoms with Crippen molar-refractivity contribution in [1.29, 1.82) is 0 Å². The lowest BCUT2D eigenvalue weighted by Crippen LogP contribution is -2.47. The normalized spacial score (nSPS) is 17.0. The first-order valence-electron chi connectivity index (χ1n) is 8.93. The number of ether oxygens (including phenoxy) is 1. The van der Waals surface area contributed by atoms with Crippen LogP contribution in [0.3, 0.4) is 0 Å². The molecule has 0 aliphatic carbocycles. The Bertz CT molecular complexity index is 677. The number of carbonyl (C=O) groups excluding carboxylic acids is 1. The summed E-state index contributed by atoms with van der Waals surface area (Å²) in [4.78, 5) is 14.6. The highest BCUT2D eigenvalue weighted by Crippen LogP contribution is 2.22. The number of nitrogens with zero attached hydrogens (tertiary/aromatic N) is 1. The highest BCUT2D eigenvalue weighted by Gasteiger charge is 2.22. The third-order valence-electron chi connectivity index (χ3n) is 4.71. The molecule has 4 heteroatoms. The molecule has 1 atom stereocenters. The van der Waals surface area contributed by atoms with E-state index in [2.05, 4.69) is 29.4 Å². The zero-order valence-corrected chi connectivity index (χ0v) is 14.9. The van der Waals surface area contributed by atoms with Gasteiger partial charge in [0.2, 0.25) is 0 Å². The highest BCUT2D eigenvalue weighted by atomic mass is 16.5. The van der Waals surface area contributed by atoms with Gasteiger partial charge in [0, 0.05) is 6.04 Å². The van der Waals surface area contributed by atoms with Crippen LogP contribution in [0.2, 0.25) is 0 Å². The molecule has 2 aromatic rings. The van der Waals surface area contributed by atoms with Gasteiger partial charge >= 0.3 is 0 Å². The number of carbonyl (C=O) groups is 1. The van der Waals surface area contributed by atoms with Gasteiger partial charge in [0.1, 0.15) is 5.75 Å². The fraction of sp³-hybridized carbons (Fsp3) is 0.381. The number of rotatable bonds is 5. The van der Waals surface area contributed by atoms with Crippen LogP contribution in [0.5, 0.6) is 5.75 Å². The standard InChI is InChI=1S/C21H26N2O2/c1-16(21(24)22-19-12-14-23(2)15-13-19)25-20-10-8-18(9-11-20)17-6-4-3-5-7-17/h3-11,16,19H,12-15H2,1-2H3,(H,22,24). The largest absolute Gasteiger partial charge is 0.481 e. The van der Waals surface area contributed by atoms with Crippen LogP contribution < -0.4 is 10.1 Å². The summed E-state index contributed by atoms with van der Waals surface area (Å²) in [7, 11) is 2.11. The van der Waals surface area contributed by atoms with Crippen molar-refractivity contribution in [2.75, 3.05) is 20.1 Å². The van der Waals surface area contributed by atoms with Crippen LogP contribution in [0.4, 0.5) is 0 Å². The Labute approximate surface area is 149 Å². The van der Waals surface area contributed by atoms with Gasteiger partial charge in [0.05, 0.1) is 0 Å². The van der Waals surface area contributed by atoms with Crippen molar-refractivity contribution in [3.05, 3.63) is 54.6 Å². The second-order valence-corrected chi connectivity index (χ2v) is 6.74. The average Bonchev–Trinajstić information content (AvgIpc) is 2.65. The third kappa shape index (κ3) is 4.83. The maximum absolute atomic E-state index is 12.3. The molecule has 2 aromatic carbocycles. The van der Waals surface area contributed by atoms with E-state index in [1.54, 1.807) is 6.92 Å². The highest BCUT2D eigenvalue weighted by molar-refractivity contribution is 5.81. The maximum Gasteiger partial charge on any atom is 0.260 e. The molecule has 25 heavy (non-hydrogen) atoms. The Kier molecular flexibility index (Phi) is 5.71. The summed E-state index contributed by atoms with van der Waals surface area (Å²) in [5.74, 6) is 0.674. The summed E-state index contributed by atoms with van der Waals surface area (Å²) in [5, 5.41) is 3.11. The van der Waals surface area contributed by atoms with Crippen molar-refractivity contribution in [2.24, 2.45) is 0 Å². The minimum absolute atomic E-state index is 0.0401. The van der Waals surface area contributed by atoms with Gasteiger partial charge in [0.25, 0.3) is 5.91 Å². The molecule has 1 unspecified atom stereocenters. The number of benzene rings is 2. The first-order chi connectivity index (χ1) is 12.1. The lowest BCUT2D eigenvalue weighted by molar-refractivity contribution is -0.128. The third-order valence-corrected chi connectivity index (χ3v) is 4.71. The van der Waals surface area contributed by atoms with Crippen molar-refractivity contribution in [3.63, 3.8) is 0 Å². The molecule has 3 rings (SSSR count). The van der Waals surface area contributed by atoms with E-state index >= 15 is 0 Å². The van der Waals surface area contributed by atoms with Crippen LogP contribution in [0.25, 0.3) is 11.1 Å². The topological polar surface area (TPSA) is 41.6 Å². The monoisotopic (exact) mass is 338 g/mol. The minimum atomic E-state index is -0.498. The summed E-state index contributed by atoms with van der Waals surface area (Å²) in [6, 6.07) is 18.3. The number of likely N-dealkylation sites (tertiary alicyclic amines) is 1. The maximum atomic E-state index is 12.3. The van der Waals surface area contributed by atoms with Crippen LogP contribution in [0.15, 0.2) is 54.6 Å². The molecule has 1 fully saturated rings. The van der Waals surface area contributed by atoms with Gasteiger partial charge in [-0.15, -0.1) is 0 Å². The zero-order chi connectivity index (χ0) is 17.6. The second kappa shape index (κ2) is 8.17. The Hall–Kier alpha value is -2.33. The van der Waals surface area contributed by atoms with Crippen LogP contribution in [0.1, 0.15) is 19.8 Å². The van der Waals surface area contributed by atoms with Crippen LogP contribution in [-0.2, 0) is 4.79 Å². The molecule has 0 saturated carbocycles. The van der Waals surface area contributed by atoms with Gasteiger partial charge in [-0.25, -0.2) is 0 Å². The van der Waals surface area contributed by atoms with E-state index in [0.717, 1.165) is 31.5 Å². The Morgan fingerprint density at radius 2 is 1.64 bits per heavy atom. The number of amides is 1. The summed E-state index contributed by atoms with van der Waals surface area (Å²) < 4.78 is 5.81. The second-order valence-electron chi connectivity index (χ2n) is 6.74. The van der Waals surface area contributed by atoms with Crippen molar-refractivity contribution in [1.82, 2.24) is 10.2 Å². The summed E-state index contributed by atoms with van der Waals surface area (Å²) >= 11 is 0. The van der Waals surface area contributed by atoms with E-state index in [1.807, 2.05) is 42.5 Å². The lowest BCUT2D eigenvalue weighted by Gasteiger charge is -2.30. The molecule has 1 heterocycles. The zero-order valence-electron chi connectivity index (χ0n) is 14.9. The minimum Gasteiger partial charge on any atom is -0.481 e. The molecule has 1 aliphatic rings. The summed E-state index contributed by atoms with van der Waals surface area (Å²) in [6.45, 7) is 3.86. The van der Waals surface area contributed by atoms with Crippen LogP contribution in [-0.4, -0.2) is 43.1 Å². The molecule has 0 radical (unpaired) electrons. The van der Waals surface area contributed by atoms with Crippen LogP contribution in [0, 0.1) is 0 Å². The molecular weight excluding hydrogens is 312 g/mol. The molecule has 132 valence electrons. The lowest BCUT2D eigenvalue weighted by atomic mass is 10.1. The van der Waals surface area contributed by atoms with Gasteiger partial charge in [-0.3, -0.25) is 4.79 Å². The Morgan fingerprint density at radius 3 is 2.28 bits per heavy atom. The van der Waals surface area contributed by atoms with Gasteiger partial charge < -0.3 is 15.0 Å². The fourth-order valence-corrected chi connectivity index (χ4v) is 3.09. The Balaban J connectivity index is 1.53. The van der Waals surface area contributed by atoms with Crippen molar-refractivity contribution >= 4 is 5.91 Å². The molecule has 1 N–H and O–H groups in total. The summed E-state index contributed by atoms with van der Waals surface area (Å²) in [6.07, 6.45) is 1.50. The predicted molar refractivity (Wildman–Crippen MR) is 101 cm³/mol.